The van der Waals surface area contributed by atoms with Crippen molar-refractivity contribution in [1.29, 1.82) is 0 Å². The molecule has 2 fully saturated rings. The van der Waals surface area contributed by atoms with Crippen molar-refractivity contribution in [2.24, 2.45) is 5.92 Å². The third-order valence-corrected chi connectivity index (χ3v) is 4.28. The number of rotatable bonds is 3. The largest absolute Gasteiger partial charge is 0.444 e. The minimum absolute atomic E-state index is 0.00868. The van der Waals surface area contributed by atoms with Gasteiger partial charge < -0.3 is 15.0 Å². The van der Waals surface area contributed by atoms with E-state index in [9.17, 15) is 4.79 Å². The van der Waals surface area contributed by atoms with E-state index in [-0.39, 0.29) is 11.6 Å². The first-order valence-electron chi connectivity index (χ1n) is 7.50. The molecule has 1 heterocycles. The number of amides is 1. The number of piperidine rings is 1. The molecule has 0 unspecified atom stereocenters. The van der Waals surface area contributed by atoms with Crippen LogP contribution in [0.3, 0.4) is 0 Å². The molecule has 1 amide bonds. The lowest BCUT2D eigenvalue weighted by molar-refractivity contribution is -0.00587. The molecule has 1 saturated carbocycles. The Morgan fingerprint density at radius 3 is 2.37 bits per heavy atom. The van der Waals surface area contributed by atoms with E-state index in [0.717, 1.165) is 38.3 Å². The maximum atomic E-state index is 12.3. The first-order chi connectivity index (χ1) is 8.82. The van der Waals surface area contributed by atoms with Crippen molar-refractivity contribution >= 4 is 6.09 Å². The molecular formula is C15H28N2O2. The van der Waals surface area contributed by atoms with Gasteiger partial charge in [-0.25, -0.2) is 4.79 Å². The fourth-order valence-electron chi connectivity index (χ4n) is 2.95. The van der Waals surface area contributed by atoms with Gasteiger partial charge in [0.15, 0.2) is 0 Å². The topological polar surface area (TPSA) is 41.6 Å². The predicted molar refractivity (Wildman–Crippen MR) is 76.2 cm³/mol. The molecule has 0 radical (unpaired) electrons. The highest BCUT2D eigenvalue weighted by molar-refractivity contribution is 5.69. The number of hydrogen-bond donors (Lipinski definition) is 1. The Balaban J connectivity index is 2.05. The molecule has 0 aromatic carbocycles. The highest BCUT2D eigenvalue weighted by Gasteiger charge is 2.43. The maximum absolute atomic E-state index is 12.3. The van der Waals surface area contributed by atoms with Crippen LogP contribution in [0.5, 0.6) is 0 Å². The summed E-state index contributed by atoms with van der Waals surface area (Å²) in [6.07, 6.45) is 5.72. The molecule has 1 saturated heterocycles. The number of nitrogens with one attached hydrogen (secondary N) is 1. The number of ether oxygens (including phenoxy) is 1. The van der Waals surface area contributed by atoms with Crippen molar-refractivity contribution in [3.8, 4) is 0 Å². The average molecular weight is 268 g/mol. The standard InChI is InChI=1S/C15H28N2O2/c1-14(2,3)19-13(18)17(4)15(11-12-5-6-12)7-9-16-10-8-15/h12,16H,5-11H2,1-4H3. The molecule has 0 spiro atoms. The van der Waals surface area contributed by atoms with Crippen LogP contribution < -0.4 is 5.32 Å². The monoisotopic (exact) mass is 268 g/mol. The van der Waals surface area contributed by atoms with Crippen molar-refractivity contribution in [2.75, 3.05) is 20.1 Å². The van der Waals surface area contributed by atoms with Gasteiger partial charge in [-0.3, -0.25) is 0 Å². The van der Waals surface area contributed by atoms with Gasteiger partial charge >= 0.3 is 6.09 Å². The van der Waals surface area contributed by atoms with E-state index >= 15 is 0 Å². The van der Waals surface area contributed by atoms with Gasteiger partial charge in [0.25, 0.3) is 0 Å². The summed E-state index contributed by atoms with van der Waals surface area (Å²) in [5.74, 6) is 0.822. The second kappa shape index (κ2) is 5.31. The van der Waals surface area contributed by atoms with Crippen molar-refractivity contribution in [3.05, 3.63) is 0 Å². The van der Waals surface area contributed by atoms with Gasteiger partial charge in [0.1, 0.15) is 5.60 Å². The Bertz CT molecular complexity index is 326. The van der Waals surface area contributed by atoms with Gasteiger partial charge in [-0.15, -0.1) is 0 Å². The van der Waals surface area contributed by atoms with Crippen LogP contribution in [0.4, 0.5) is 4.79 Å². The minimum Gasteiger partial charge on any atom is -0.444 e. The van der Waals surface area contributed by atoms with Gasteiger partial charge in [0.2, 0.25) is 0 Å². The SMILES string of the molecule is CN(C(=O)OC(C)(C)C)C1(CC2CC2)CCNCC1. The van der Waals surface area contributed by atoms with Crippen LogP contribution in [0.2, 0.25) is 0 Å². The van der Waals surface area contributed by atoms with E-state index in [0.29, 0.717) is 0 Å². The second-order valence-electron chi connectivity index (χ2n) is 7.16. The van der Waals surface area contributed by atoms with Gasteiger partial charge in [0, 0.05) is 12.6 Å². The van der Waals surface area contributed by atoms with Crippen molar-refractivity contribution in [2.45, 2.75) is 64.0 Å². The molecule has 0 aromatic rings. The highest BCUT2D eigenvalue weighted by atomic mass is 16.6. The molecule has 1 aliphatic carbocycles. The van der Waals surface area contributed by atoms with Crippen molar-refractivity contribution < 1.29 is 9.53 Å². The molecule has 0 aromatic heterocycles. The second-order valence-corrected chi connectivity index (χ2v) is 7.16. The Hall–Kier alpha value is -0.770. The van der Waals surface area contributed by atoms with E-state index in [1.165, 1.54) is 12.8 Å². The molecule has 4 heteroatoms. The van der Waals surface area contributed by atoms with Gasteiger partial charge in [0.05, 0.1) is 0 Å². The summed E-state index contributed by atoms with van der Waals surface area (Å²) in [6, 6.07) is 0. The first kappa shape index (κ1) is 14.6. The van der Waals surface area contributed by atoms with Crippen LogP contribution >= 0.6 is 0 Å². The van der Waals surface area contributed by atoms with Crippen molar-refractivity contribution in [3.63, 3.8) is 0 Å². The Kier molecular flexibility index (Phi) is 4.09. The van der Waals surface area contributed by atoms with E-state index in [1.807, 2.05) is 32.7 Å². The molecule has 0 atom stereocenters. The third kappa shape index (κ3) is 3.85. The summed E-state index contributed by atoms with van der Waals surface area (Å²) in [5.41, 5.74) is -0.409. The van der Waals surface area contributed by atoms with Crippen LogP contribution in [0, 0.1) is 5.92 Å². The smallest absolute Gasteiger partial charge is 0.410 e. The average Bonchev–Trinajstić information content (AvgIpc) is 3.11. The Labute approximate surface area is 116 Å². The van der Waals surface area contributed by atoms with E-state index < -0.39 is 5.60 Å². The normalized spacial score (nSPS) is 22.9. The summed E-state index contributed by atoms with van der Waals surface area (Å²) in [6.45, 7) is 7.78. The Morgan fingerprint density at radius 2 is 1.89 bits per heavy atom. The molecule has 110 valence electrons. The fraction of sp³-hybridized carbons (Fsp3) is 0.933. The van der Waals surface area contributed by atoms with Crippen molar-refractivity contribution in [1.82, 2.24) is 10.2 Å². The summed E-state index contributed by atoms with van der Waals surface area (Å²) in [4.78, 5) is 14.2. The Morgan fingerprint density at radius 1 is 1.32 bits per heavy atom. The molecule has 19 heavy (non-hydrogen) atoms. The molecule has 1 aliphatic heterocycles. The molecule has 0 bridgehead atoms. The molecular weight excluding hydrogens is 240 g/mol. The highest BCUT2D eigenvalue weighted by Crippen LogP contribution is 2.42. The van der Waals surface area contributed by atoms with Crippen LogP contribution in [0.1, 0.15) is 52.9 Å². The summed E-state index contributed by atoms with van der Waals surface area (Å²) < 4.78 is 5.55. The van der Waals surface area contributed by atoms with Crippen LogP contribution in [0.25, 0.3) is 0 Å². The number of hydrogen-bond acceptors (Lipinski definition) is 3. The summed E-state index contributed by atoms with van der Waals surface area (Å²) in [5, 5.41) is 3.40. The summed E-state index contributed by atoms with van der Waals surface area (Å²) in [7, 11) is 1.92. The minimum atomic E-state index is -0.418. The molecule has 1 N–H and O–H groups in total. The lowest BCUT2D eigenvalue weighted by Crippen LogP contribution is -2.56. The zero-order valence-corrected chi connectivity index (χ0v) is 12.8. The quantitative estimate of drug-likeness (QED) is 0.855. The van der Waals surface area contributed by atoms with Crippen LogP contribution in [-0.4, -0.2) is 42.3 Å². The van der Waals surface area contributed by atoms with Crippen LogP contribution in [-0.2, 0) is 4.74 Å². The zero-order valence-electron chi connectivity index (χ0n) is 12.8. The fourth-order valence-corrected chi connectivity index (χ4v) is 2.95. The van der Waals surface area contributed by atoms with Gasteiger partial charge in [-0.05, 0) is 59.0 Å². The van der Waals surface area contributed by atoms with E-state index in [4.69, 9.17) is 4.74 Å². The van der Waals surface area contributed by atoms with E-state index in [1.54, 1.807) is 0 Å². The number of carbonyl (C=O) groups excluding carboxylic acids is 1. The number of carbonyl (C=O) groups is 1. The maximum Gasteiger partial charge on any atom is 0.410 e. The number of nitrogens with zero attached hydrogens (tertiary/aromatic N) is 1. The first-order valence-corrected chi connectivity index (χ1v) is 7.50. The lowest BCUT2D eigenvalue weighted by Gasteiger charge is -2.45. The van der Waals surface area contributed by atoms with Gasteiger partial charge in [-0.2, -0.15) is 0 Å². The molecule has 2 rings (SSSR count). The van der Waals surface area contributed by atoms with E-state index in [2.05, 4.69) is 5.32 Å². The molecule has 4 nitrogen and oxygen atoms in total. The predicted octanol–water partition coefficient (Wildman–Crippen LogP) is 2.78. The molecule has 2 aliphatic rings. The summed E-state index contributed by atoms with van der Waals surface area (Å²) >= 11 is 0. The third-order valence-electron chi connectivity index (χ3n) is 4.28. The lowest BCUT2D eigenvalue weighted by atomic mass is 9.82. The van der Waals surface area contributed by atoms with Gasteiger partial charge in [-0.1, -0.05) is 12.8 Å². The zero-order chi connectivity index (χ0) is 14.1. The van der Waals surface area contributed by atoms with Crippen LogP contribution in [0.15, 0.2) is 0 Å².